The van der Waals surface area contributed by atoms with Gasteiger partial charge < -0.3 is 14.8 Å². The van der Waals surface area contributed by atoms with Crippen molar-refractivity contribution in [1.29, 1.82) is 0 Å². The number of hydrogen-bond acceptors (Lipinski definition) is 3. The summed E-state index contributed by atoms with van der Waals surface area (Å²) in [6.07, 6.45) is 3.30. The average molecular weight is 305 g/mol. The zero-order chi connectivity index (χ0) is 16.5. The quantitative estimate of drug-likeness (QED) is 0.748. The molecule has 0 fully saturated rings. The SMILES string of the molecule is COc1cc(/C=C/C(=O)NCC(C)C)ccc1OCC(C)C. The maximum atomic E-state index is 11.7. The number of hydrogen-bond donors (Lipinski definition) is 1. The van der Waals surface area contributed by atoms with Crippen molar-refractivity contribution in [2.45, 2.75) is 27.7 Å². The molecule has 0 aliphatic carbocycles. The highest BCUT2D eigenvalue weighted by molar-refractivity contribution is 5.91. The van der Waals surface area contributed by atoms with Crippen LogP contribution >= 0.6 is 0 Å². The Morgan fingerprint density at radius 1 is 1.18 bits per heavy atom. The first kappa shape index (κ1) is 18.1. The van der Waals surface area contributed by atoms with Crippen LogP contribution in [-0.4, -0.2) is 26.2 Å². The number of carbonyl (C=O) groups excluding carboxylic acids is 1. The Bertz CT molecular complexity index is 507. The number of methoxy groups -OCH3 is 1. The van der Waals surface area contributed by atoms with Gasteiger partial charge in [0.15, 0.2) is 11.5 Å². The fourth-order valence-corrected chi connectivity index (χ4v) is 1.70. The molecule has 1 aromatic carbocycles. The highest BCUT2D eigenvalue weighted by atomic mass is 16.5. The lowest BCUT2D eigenvalue weighted by atomic mass is 10.1. The standard InChI is InChI=1S/C18H27NO3/c1-13(2)11-19-18(20)9-7-15-6-8-16(17(10-15)21-5)22-12-14(3)4/h6-10,13-14H,11-12H2,1-5H3,(H,19,20)/b9-7+. The number of benzene rings is 1. The van der Waals surface area contributed by atoms with Gasteiger partial charge in [0.2, 0.25) is 5.91 Å². The summed E-state index contributed by atoms with van der Waals surface area (Å²) in [7, 11) is 1.61. The van der Waals surface area contributed by atoms with Gasteiger partial charge in [-0.3, -0.25) is 4.79 Å². The molecule has 0 aliphatic heterocycles. The normalized spacial score (nSPS) is 11.2. The van der Waals surface area contributed by atoms with Crippen molar-refractivity contribution in [2.24, 2.45) is 11.8 Å². The molecule has 0 saturated carbocycles. The van der Waals surface area contributed by atoms with Gasteiger partial charge in [-0.15, -0.1) is 0 Å². The van der Waals surface area contributed by atoms with E-state index in [1.807, 2.05) is 18.2 Å². The molecule has 1 rings (SSSR count). The van der Waals surface area contributed by atoms with Crippen LogP contribution in [0.1, 0.15) is 33.3 Å². The second-order valence-corrected chi connectivity index (χ2v) is 6.09. The van der Waals surface area contributed by atoms with Crippen molar-refractivity contribution in [3.63, 3.8) is 0 Å². The summed E-state index contributed by atoms with van der Waals surface area (Å²) in [5.41, 5.74) is 0.897. The van der Waals surface area contributed by atoms with Crippen LogP contribution in [0.3, 0.4) is 0 Å². The number of amides is 1. The lowest BCUT2D eigenvalue weighted by molar-refractivity contribution is -0.116. The Morgan fingerprint density at radius 2 is 1.91 bits per heavy atom. The third kappa shape index (κ3) is 6.66. The largest absolute Gasteiger partial charge is 0.493 e. The van der Waals surface area contributed by atoms with E-state index in [0.717, 1.165) is 11.3 Å². The number of ether oxygens (including phenoxy) is 2. The monoisotopic (exact) mass is 305 g/mol. The minimum Gasteiger partial charge on any atom is -0.493 e. The second-order valence-electron chi connectivity index (χ2n) is 6.09. The molecule has 1 amide bonds. The highest BCUT2D eigenvalue weighted by Gasteiger charge is 2.06. The van der Waals surface area contributed by atoms with Crippen molar-refractivity contribution in [2.75, 3.05) is 20.3 Å². The molecule has 0 saturated heterocycles. The average Bonchev–Trinajstić information content (AvgIpc) is 2.48. The first-order valence-electron chi connectivity index (χ1n) is 7.69. The van der Waals surface area contributed by atoms with Crippen molar-refractivity contribution >= 4 is 12.0 Å². The van der Waals surface area contributed by atoms with E-state index in [1.165, 1.54) is 6.08 Å². The van der Waals surface area contributed by atoms with Crippen LogP contribution in [-0.2, 0) is 4.79 Å². The molecular weight excluding hydrogens is 278 g/mol. The summed E-state index contributed by atoms with van der Waals surface area (Å²) in [6.45, 7) is 9.63. The van der Waals surface area contributed by atoms with E-state index in [2.05, 4.69) is 33.0 Å². The molecule has 0 radical (unpaired) electrons. The third-order valence-corrected chi connectivity index (χ3v) is 2.87. The van der Waals surface area contributed by atoms with E-state index < -0.39 is 0 Å². The lowest BCUT2D eigenvalue weighted by Gasteiger charge is -2.12. The molecule has 4 nitrogen and oxygen atoms in total. The third-order valence-electron chi connectivity index (χ3n) is 2.87. The van der Waals surface area contributed by atoms with Gasteiger partial charge in [-0.1, -0.05) is 33.8 Å². The molecule has 0 aromatic heterocycles. The molecule has 22 heavy (non-hydrogen) atoms. The number of nitrogens with one attached hydrogen (secondary N) is 1. The Labute approximate surface area is 133 Å². The number of carbonyl (C=O) groups is 1. The first-order valence-corrected chi connectivity index (χ1v) is 7.69. The van der Waals surface area contributed by atoms with E-state index >= 15 is 0 Å². The van der Waals surface area contributed by atoms with Gasteiger partial charge in [-0.05, 0) is 35.6 Å². The smallest absolute Gasteiger partial charge is 0.244 e. The van der Waals surface area contributed by atoms with E-state index in [0.29, 0.717) is 30.7 Å². The summed E-state index contributed by atoms with van der Waals surface area (Å²) in [4.78, 5) is 11.7. The summed E-state index contributed by atoms with van der Waals surface area (Å²) >= 11 is 0. The van der Waals surface area contributed by atoms with Crippen molar-refractivity contribution in [3.8, 4) is 11.5 Å². The predicted molar refractivity (Wildman–Crippen MR) is 90.2 cm³/mol. The molecule has 0 unspecified atom stereocenters. The van der Waals surface area contributed by atoms with Crippen LogP contribution < -0.4 is 14.8 Å². The summed E-state index contributed by atoms with van der Waals surface area (Å²) in [6, 6.07) is 5.64. The molecular formula is C18H27NO3. The van der Waals surface area contributed by atoms with Crippen molar-refractivity contribution < 1.29 is 14.3 Å². The fourth-order valence-electron chi connectivity index (χ4n) is 1.70. The molecule has 0 heterocycles. The molecule has 0 aliphatic rings. The Kier molecular flexibility index (Phi) is 7.50. The van der Waals surface area contributed by atoms with Crippen molar-refractivity contribution in [3.05, 3.63) is 29.8 Å². The van der Waals surface area contributed by atoms with Gasteiger partial charge in [-0.2, -0.15) is 0 Å². The van der Waals surface area contributed by atoms with Crippen LogP contribution in [0.4, 0.5) is 0 Å². The van der Waals surface area contributed by atoms with Crippen LogP contribution in [0.25, 0.3) is 6.08 Å². The van der Waals surface area contributed by atoms with E-state index in [4.69, 9.17) is 9.47 Å². The summed E-state index contributed by atoms with van der Waals surface area (Å²) in [5.74, 6) is 2.19. The van der Waals surface area contributed by atoms with Gasteiger partial charge in [0.25, 0.3) is 0 Å². The number of rotatable bonds is 8. The molecule has 0 atom stereocenters. The molecule has 0 bridgehead atoms. The minimum absolute atomic E-state index is 0.0900. The fraction of sp³-hybridized carbons (Fsp3) is 0.500. The molecule has 1 N–H and O–H groups in total. The summed E-state index contributed by atoms with van der Waals surface area (Å²) in [5, 5.41) is 2.84. The second kappa shape index (κ2) is 9.13. The summed E-state index contributed by atoms with van der Waals surface area (Å²) < 4.78 is 11.1. The molecule has 4 heteroatoms. The van der Waals surface area contributed by atoms with Gasteiger partial charge >= 0.3 is 0 Å². The highest BCUT2D eigenvalue weighted by Crippen LogP contribution is 2.28. The molecule has 0 spiro atoms. The van der Waals surface area contributed by atoms with Gasteiger partial charge in [0, 0.05) is 12.6 Å². The minimum atomic E-state index is -0.0900. The van der Waals surface area contributed by atoms with E-state index in [9.17, 15) is 4.79 Å². The van der Waals surface area contributed by atoms with E-state index in [-0.39, 0.29) is 5.91 Å². The molecule has 122 valence electrons. The van der Waals surface area contributed by atoms with Gasteiger partial charge in [0.1, 0.15) is 0 Å². The van der Waals surface area contributed by atoms with Gasteiger partial charge in [-0.25, -0.2) is 0 Å². The van der Waals surface area contributed by atoms with Crippen LogP contribution in [0.15, 0.2) is 24.3 Å². The van der Waals surface area contributed by atoms with Crippen LogP contribution in [0, 0.1) is 11.8 Å². The van der Waals surface area contributed by atoms with Crippen molar-refractivity contribution in [1.82, 2.24) is 5.32 Å². The first-order chi connectivity index (χ1) is 10.4. The lowest BCUT2D eigenvalue weighted by Crippen LogP contribution is -2.25. The Morgan fingerprint density at radius 3 is 2.50 bits per heavy atom. The van der Waals surface area contributed by atoms with E-state index in [1.54, 1.807) is 13.2 Å². The molecule has 1 aromatic rings. The Hall–Kier alpha value is -1.97. The maximum Gasteiger partial charge on any atom is 0.244 e. The van der Waals surface area contributed by atoms with Crippen LogP contribution in [0.5, 0.6) is 11.5 Å². The predicted octanol–water partition coefficient (Wildman–Crippen LogP) is 3.52. The zero-order valence-electron chi connectivity index (χ0n) is 14.2. The topological polar surface area (TPSA) is 47.6 Å². The Balaban J connectivity index is 2.70. The van der Waals surface area contributed by atoms with Gasteiger partial charge in [0.05, 0.1) is 13.7 Å². The van der Waals surface area contributed by atoms with Crippen LogP contribution in [0.2, 0.25) is 0 Å². The maximum absolute atomic E-state index is 11.7. The zero-order valence-corrected chi connectivity index (χ0v) is 14.2.